The molecule has 5 rings (SSSR count). The maximum atomic E-state index is 13.1. The number of rotatable bonds is 5. The zero-order chi connectivity index (χ0) is 21.2. The molecule has 0 saturated carbocycles. The second-order valence-corrected chi connectivity index (χ2v) is 9.14. The maximum Gasteiger partial charge on any atom is 0.227 e. The summed E-state index contributed by atoms with van der Waals surface area (Å²) >= 11 is 7.62. The first-order valence-electron chi connectivity index (χ1n) is 10.4. The number of hydrogen-bond acceptors (Lipinski definition) is 6. The molecular formula is C23H21ClN4O2S. The van der Waals surface area contributed by atoms with Crippen molar-refractivity contribution in [2.45, 2.75) is 38.1 Å². The number of thiazole rings is 1. The van der Waals surface area contributed by atoms with Crippen molar-refractivity contribution in [3.05, 3.63) is 64.5 Å². The Balaban J connectivity index is 1.27. The lowest BCUT2D eigenvalue weighted by Crippen LogP contribution is -2.38. The Morgan fingerprint density at radius 1 is 1.13 bits per heavy atom. The predicted molar refractivity (Wildman–Crippen MR) is 121 cm³/mol. The molecule has 158 valence electrons. The van der Waals surface area contributed by atoms with E-state index in [0.717, 1.165) is 46.6 Å². The van der Waals surface area contributed by atoms with Crippen LogP contribution in [0.1, 0.15) is 42.6 Å². The van der Waals surface area contributed by atoms with Gasteiger partial charge < -0.3 is 9.42 Å². The molecule has 0 bridgehead atoms. The lowest BCUT2D eigenvalue weighted by molar-refractivity contribution is -0.135. The molecule has 6 nitrogen and oxygen atoms in total. The highest BCUT2D eigenvalue weighted by Crippen LogP contribution is 2.36. The minimum absolute atomic E-state index is 0.0472. The van der Waals surface area contributed by atoms with Gasteiger partial charge in [-0.2, -0.15) is 4.98 Å². The summed E-state index contributed by atoms with van der Waals surface area (Å²) in [6, 6.07) is 15.4. The number of carbonyl (C=O) groups is 1. The molecule has 1 saturated heterocycles. The molecule has 1 unspecified atom stereocenters. The van der Waals surface area contributed by atoms with E-state index in [1.54, 1.807) is 23.5 Å². The fourth-order valence-corrected chi connectivity index (χ4v) is 5.19. The number of hydrogen-bond donors (Lipinski definition) is 0. The summed E-state index contributed by atoms with van der Waals surface area (Å²) in [5.41, 5.74) is 1.83. The van der Waals surface area contributed by atoms with Gasteiger partial charge in [0.15, 0.2) is 0 Å². The van der Waals surface area contributed by atoms with Crippen LogP contribution in [0, 0.1) is 0 Å². The molecular weight excluding hydrogens is 432 g/mol. The molecule has 1 amide bonds. The summed E-state index contributed by atoms with van der Waals surface area (Å²) in [7, 11) is 0. The molecule has 1 aliphatic rings. The fraction of sp³-hybridized carbons (Fsp3) is 0.304. The van der Waals surface area contributed by atoms with E-state index < -0.39 is 0 Å². The molecule has 2 aromatic carbocycles. The van der Waals surface area contributed by atoms with Gasteiger partial charge in [-0.3, -0.25) is 4.79 Å². The van der Waals surface area contributed by atoms with Crippen LogP contribution in [0.5, 0.6) is 0 Å². The first-order valence-corrected chi connectivity index (χ1v) is 11.6. The monoisotopic (exact) mass is 452 g/mol. The number of nitrogens with zero attached hydrogens (tertiary/aromatic N) is 4. The summed E-state index contributed by atoms with van der Waals surface area (Å²) in [6.07, 6.45) is 3.84. The number of likely N-dealkylation sites (tertiary alicyclic amines) is 1. The van der Waals surface area contributed by atoms with Gasteiger partial charge in [0.1, 0.15) is 5.01 Å². The first-order chi connectivity index (χ1) is 15.2. The molecule has 3 heterocycles. The van der Waals surface area contributed by atoms with Gasteiger partial charge in [0.25, 0.3) is 0 Å². The second-order valence-electron chi connectivity index (χ2n) is 7.64. The van der Waals surface area contributed by atoms with Crippen LogP contribution in [-0.2, 0) is 11.2 Å². The Morgan fingerprint density at radius 3 is 2.81 bits per heavy atom. The zero-order valence-electron chi connectivity index (χ0n) is 16.8. The van der Waals surface area contributed by atoms with Crippen LogP contribution in [0.3, 0.4) is 0 Å². The number of fused-ring (bicyclic) bond motifs is 1. The Labute approximate surface area is 188 Å². The van der Waals surface area contributed by atoms with Gasteiger partial charge in [-0.25, -0.2) is 4.98 Å². The largest absolute Gasteiger partial charge is 0.339 e. The summed E-state index contributed by atoms with van der Waals surface area (Å²) in [5, 5.41) is 5.71. The molecule has 1 atom stereocenters. The quantitative estimate of drug-likeness (QED) is 0.389. The van der Waals surface area contributed by atoms with E-state index in [-0.39, 0.29) is 11.9 Å². The van der Waals surface area contributed by atoms with Gasteiger partial charge in [-0.05, 0) is 55.7 Å². The van der Waals surface area contributed by atoms with Gasteiger partial charge in [-0.15, -0.1) is 11.3 Å². The molecule has 0 aliphatic carbocycles. The molecule has 1 fully saturated rings. The van der Waals surface area contributed by atoms with Gasteiger partial charge in [-0.1, -0.05) is 28.9 Å². The van der Waals surface area contributed by atoms with Crippen molar-refractivity contribution in [2.24, 2.45) is 0 Å². The topological polar surface area (TPSA) is 72.1 Å². The van der Waals surface area contributed by atoms with Crippen LogP contribution in [0.15, 0.2) is 53.1 Å². The molecule has 4 aromatic rings. The Bertz CT molecular complexity index is 1170. The third-order valence-corrected chi connectivity index (χ3v) is 6.93. The van der Waals surface area contributed by atoms with Crippen molar-refractivity contribution in [3.63, 3.8) is 0 Å². The molecule has 0 radical (unpaired) electrons. The summed E-state index contributed by atoms with van der Waals surface area (Å²) in [6.45, 7) is 0.763. The van der Waals surface area contributed by atoms with Crippen molar-refractivity contribution < 1.29 is 9.32 Å². The molecule has 1 aliphatic heterocycles. The molecule has 8 heteroatoms. The predicted octanol–water partition coefficient (Wildman–Crippen LogP) is 5.69. The first kappa shape index (κ1) is 20.2. The number of halogens is 1. The summed E-state index contributed by atoms with van der Waals surface area (Å²) in [5.74, 6) is 1.08. The number of amides is 1. The SMILES string of the molecule is O=C(CCc1nc(-c2ccc(Cl)cc2)no1)N1CCCCC1c1nc2ccccc2s1. The van der Waals surface area contributed by atoms with Gasteiger partial charge in [0, 0.05) is 30.0 Å². The van der Waals surface area contributed by atoms with E-state index in [1.165, 1.54) is 0 Å². The highest BCUT2D eigenvalue weighted by molar-refractivity contribution is 7.18. The average molecular weight is 453 g/mol. The average Bonchev–Trinajstić information content (AvgIpc) is 3.45. The second kappa shape index (κ2) is 8.77. The van der Waals surface area contributed by atoms with E-state index >= 15 is 0 Å². The summed E-state index contributed by atoms with van der Waals surface area (Å²) in [4.78, 5) is 24.3. The zero-order valence-corrected chi connectivity index (χ0v) is 18.4. The fourth-order valence-electron chi connectivity index (χ4n) is 3.95. The normalized spacial score (nSPS) is 16.7. The van der Waals surface area contributed by atoms with Crippen LogP contribution < -0.4 is 0 Å². The highest BCUT2D eigenvalue weighted by Gasteiger charge is 2.30. The number of para-hydroxylation sites is 1. The maximum absolute atomic E-state index is 13.1. The van der Waals surface area contributed by atoms with Gasteiger partial charge in [0.05, 0.1) is 16.3 Å². The van der Waals surface area contributed by atoms with E-state index in [9.17, 15) is 4.79 Å². The van der Waals surface area contributed by atoms with Crippen LogP contribution >= 0.6 is 22.9 Å². The number of carbonyl (C=O) groups excluding carboxylic acids is 1. The van der Waals surface area contributed by atoms with Crippen LogP contribution in [0.4, 0.5) is 0 Å². The summed E-state index contributed by atoms with van der Waals surface area (Å²) < 4.78 is 6.53. The van der Waals surface area contributed by atoms with Crippen molar-refractivity contribution in [1.29, 1.82) is 0 Å². The third-order valence-electron chi connectivity index (χ3n) is 5.54. The van der Waals surface area contributed by atoms with E-state index in [1.807, 2.05) is 35.2 Å². The van der Waals surface area contributed by atoms with Crippen LogP contribution in [0.2, 0.25) is 5.02 Å². The van der Waals surface area contributed by atoms with Crippen LogP contribution in [0.25, 0.3) is 21.6 Å². The number of aromatic nitrogens is 3. The van der Waals surface area contributed by atoms with Crippen molar-refractivity contribution in [2.75, 3.05) is 6.54 Å². The molecule has 31 heavy (non-hydrogen) atoms. The molecule has 2 aromatic heterocycles. The number of benzene rings is 2. The number of piperidine rings is 1. The van der Waals surface area contributed by atoms with Crippen LogP contribution in [-0.4, -0.2) is 32.5 Å². The lowest BCUT2D eigenvalue weighted by Gasteiger charge is -2.34. The molecule has 0 N–H and O–H groups in total. The Morgan fingerprint density at radius 2 is 1.97 bits per heavy atom. The van der Waals surface area contributed by atoms with Crippen molar-refractivity contribution in [3.8, 4) is 11.4 Å². The minimum Gasteiger partial charge on any atom is -0.339 e. The van der Waals surface area contributed by atoms with Gasteiger partial charge >= 0.3 is 0 Å². The van der Waals surface area contributed by atoms with E-state index in [2.05, 4.69) is 16.2 Å². The Kier molecular flexibility index (Phi) is 5.70. The lowest BCUT2D eigenvalue weighted by atomic mass is 10.0. The number of aryl methyl sites for hydroxylation is 1. The Hall–Kier alpha value is -2.77. The van der Waals surface area contributed by atoms with E-state index in [4.69, 9.17) is 21.1 Å². The standard InChI is InChI=1S/C23H21ClN4O2S/c24-16-10-8-15(9-11-16)22-26-20(30-27-22)12-13-21(29)28-14-4-3-6-18(28)23-25-17-5-1-2-7-19(17)31-23/h1-2,5,7-11,18H,3-4,6,12-14H2. The van der Waals surface area contributed by atoms with Crippen molar-refractivity contribution in [1.82, 2.24) is 20.0 Å². The minimum atomic E-state index is 0.0472. The van der Waals surface area contributed by atoms with E-state index in [0.29, 0.717) is 29.6 Å². The third kappa shape index (κ3) is 4.34. The van der Waals surface area contributed by atoms with Crippen molar-refractivity contribution >= 4 is 39.1 Å². The molecule has 0 spiro atoms. The smallest absolute Gasteiger partial charge is 0.227 e. The van der Waals surface area contributed by atoms with Gasteiger partial charge in [0.2, 0.25) is 17.6 Å². The highest BCUT2D eigenvalue weighted by atomic mass is 35.5.